The van der Waals surface area contributed by atoms with E-state index in [1.807, 2.05) is 6.92 Å². The summed E-state index contributed by atoms with van der Waals surface area (Å²) in [5, 5.41) is 6.23. The van der Waals surface area contributed by atoms with Gasteiger partial charge in [0.05, 0.1) is 0 Å². The van der Waals surface area contributed by atoms with Crippen LogP contribution in [0.25, 0.3) is 0 Å². The fraction of sp³-hybridized carbons (Fsp3) is 0.875. The first-order valence-corrected chi connectivity index (χ1v) is 4.04. The van der Waals surface area contributed by atoms with E-state index in [0.717, 1.165) is 6.54 Å². The van der Waals surface area contributed by atoms with Gasteiger partial charge < -0.3 is 10.6 Å². The van der Waals surface area contributed by atoms with E-state index in [1.54, 1.807) is 0 Å². The molecule has 1 fully saturated rings. The Morgan fingerprint density at radius 2 is 2.18 bits per heavy atom. The molecule has 1 aliphatic heterocycles. The van der Waals surface area contributed by atoms with Gasteiger partial charge in [0.15, 0.2) is 0 Å². The Bertz CT molecular complexity index is 165. The van der Waals surface area contributed by atoms with Gasteiger partial charge in [-0.3, -0.25) is 4.79 Å². The number of carbonyl (C=O) groups is 1. The predicted octanol–water partition coefficient (Wildman–Crippen LogP) is 0.263. The first-order valence-electron chi connectivity index (χ1n) is 4.04. The summed E-state index contributed by atoms with van der Waals surface area (Å²) in [5.74, 6) is 0.149. The van der Waals surface area contributed by atoms with Crippen molar-refractivity contribution < 1.29 is 4.79 Å². The van der Waals surface area contributed by atoms with Crippen molar-refractivity contribution in [1.82, 2.24) is 10.6 Å². The minimum Gasteiger partial charge on any atom is -0.354 e. The minimum atomic E-state index is 0.0333. The number of nitrogens with one attached hydrogen (secondary N) is 2. The normalized spacial score (nSPS) is 30.8. The van der Waals surface area contributed by atoms with Gasteiger partial charge in [0.1, 0.15) is 0 Å². The molecule has 0 aromatic carbocycles. The van der Waals surface area contributed by atoms with Crippen molar-refractivity contribution >= 4 is 5.91 Å². The molecule has 3 nitrogen and oxygen atoms in total. The SMILES string of the molecule is CC1CC(=O)NCC(C)(C)N1. The van der Waals surface area contributed by atoms with Gasteiger partial charge in [-0.25, -0.2) is 0 Å². The Morgan fingerprint density at radius 3 is 2.82 bits per heavy atom. The topological polar surface area (TPSA) is 41.1 Å². The molecule has 1 aliphatic rings. The van der Waals surface area contributed by atoms with Crippen molar-refractivity contribution in [1.29, 1.82) is 0 Å². The molecule has 0 spiro atoms. The Balaban J connectivity index is 2.60. The van der Waals surface area contributed by atoms with Crippen molar-refractivity contribution in [3.8, 4) is 0 Å². The van der Waals surface area contributed by atoms with Crippen LogP contribution in [0.3, 0.4) is 0 Å². The van der Waals surface area contributed by atoms with E-state index < -0.39 is 0 Å². The maximum Gasteiger partial charge on any atom is 0.221 e. The van der Waals surface area contributed by atoms with Crippen LogP contribution >= 0.6 is 0 Å². The third kappa shape index (κ3) is 2.50. The zero-order valence-corrected chi connectivity index (χ0v) is 7.40. The van der Waals surface area contributed by atoms with E-state index >= 15 is 0 Å². The molecule has 1 heterocycles. The van der Waals surface area contributed by atoms with Crippen molar-refractivity contribution in [3.05, 3.63) is 0 Å². The van der Waals surface area contributed by atoms with Crippen LogP contribution < -0.4 is 10.6 Å². The molecule has 64 valence electrons. The lowest BCUT2D eigenvalue weighted by Gasteiger charge is -2.26. The molecular weight excluding hydrogens is 140 g/mol. The summed E-state index contributed by atoms with van der Waals surface area (Å²) in [6.07, 6.45) is 0.587. The largest absolute Gasteiger partial charge is 0.354 e. The summed E-state index contributed by atoms with van der Waals surface area (Å²) in [7, 11) is 0. The van der Waals surface area contributed by atoms with Crippen LogP contribution in [0.1, 0.15) is 27.2 Å². The molecule has 1 amide bonds. The van der Waals surface area contributed by atoms with E-state index in [2.05, 4.69) is 24.5 Å². The summed E-state index contributed by atoms with van der Waals surface area (Å²) in [4.78, 5) is 11.0. The number of hydrogen-bond donors (Lipinski definition) is 2. The Hall–Kier alpha value is -0.570. The average Bonchev–Trinajstić information content (AvgIpc) is 1.90. The summed E-state index contributed by atoms with van der Waals surface area (Å²) in [6.45, 7) is 6.94. The third-order valence-electron chi connectivity index (χ3n) is 1.86. The van der Waals surface area contributed by atoms with Gasteiger partial charge in [0.2, 0.25) is 5.91 Å². The van der Waals surface area contributed by atoms with Crippen LogP contribution in [0.15, 0.2) is 0 Å². The summed E-state index contributed by atoms with van der Waals surface area (Å²) in [5.41, 5.74) is 0.0333. The van der Waals surface area contributed by atoms with Gasteiger partial charge in [0.25, 0.3) is 0 Å². The lowest BCUT2D eigenvalue weighted by molar-refractivity contribution is -0.121. The molecule has 3 heteroatoms. The fourth-order valence-electron chi connectivity index (χ4n) is 1.44. The molecule has 0 bridgehead atoms. The van der Waals surface area contributed by atoms with Crippen LogP contribution in [-0.2, 0) is 4.79 Å². The smallest absolute Gasteiger partial charge is 0.221 e. The van der Waals surface area contributed by atoms with Gasteiger partial charge in [0, 0.05) is 24.5 Å². The van der Waals surface area contributed by atoms with Crippen molar-refractivity contribution in [2.45, 2.75) is 38.8 Å². The molecule has 1 saturated heterocycles. The van der Waals surface area contributed by atoms with Gasteiger partial charge in [-0.2, -0.15) is 0 Å². The highest BCUT2D eigenvalue weighted by molar-refractivity contribution is 5.76. The Kier molecular flexibility index (Phi) is 2.18. The standard InChI is InChI=1S/C8H16N2O/c1-6-4-7(11)9-5-8(2,3)10-6/h6,10H,4-5H2,1-3H3,(H,9,11). The molecular formula is C8H16N2O. The fourth-order valence-corrected chi connectivity index (χ4v) is 1.44. The highest BCUT2D eigenvalue weighted by Gasteiger charge is 2.25. The molecule has 1 rings (SSSR count). The van der Waals surface area contributed by atoms with E-state index in [-0.39, 0.29) is 17.5 Å². The van der Waals surface area contributed by atoms with Crippen molar-refractivity contribution in [2.75, 3.05) is 6.54 Å². The van der Waals surface area contributed by atoms with Gasteiger partial charge in [-0.05, 0) is 20.8 Å². The first kappa shape index (κ1) is 8.53. The first-order chi connectivity index (χ1) is 4.99. The van der Waals surface area contributed by atoms with Crippen molar-refractivity contribution in [3.63, 3.8) is 0 Å². The Morgan fingerprint density at radius 1 is 1.55 bits per heavy atom. The lowest BCUT2D eigenvalue weighted by atomic mass is 10.1. The summed E-state index contributed by atoms with van der Waals surface area (Å²) in [6, 6.07) is 0.285. The second-order valence-electron chi connectivity index (χ2n) is 3.91. The highest BCUT2D eigenvalue weighted by atomic mass is 16.1. The number of rotatable bonds is 0. The second-order valence-corrected chi connectivity index (χ2v) is 3.91. The summed E-state index contributed by atoms with van der Waals surface area (Å²) >= 11 is 0. The molecule has 0 aromatic heterocycles. The number of hydrogen-bond acceptors (Lipinski definition) is 2. The maximum absolute atomic E-state index is 11.0. The van der Waals surface area contributed by atoms with Gasteiger partial charge >= 0.3 is 0 Å². The molecule has 0 aromatic rings. The molecule has 1 unspecified atom stereocenters. The zero-order valence-electron chi connectivity index (χ0n) is 7.40. The maximum atomic E-state index is 11.0. The molecule has 0 radical (unpaired) electrons. The van der Waals surface area contributed by atoms with Crippen LogP contribution in [0, 0.1) is 0 Å². The van der Waals surface area contributed by atoms with Crippen LogP contribution in [-0.4, -0.2) is 24.0 Å². The zero-order chi connectivity index (χ0) is 8.48. The van der Waals surface area contributed by atoms with Gasteiger partial charge in [-0.15, -0.1) is 0 Å². The highest BCUT2D eigenvalue weighted by Crippen LogP contribution is 2.07. The van der Waals surface area contributed by atoms with E-state index in [9.17, 15) is 4.79 Å². The second kappa shape index (κ2) is 2.81. The van der Waals surface area contributed by atoms with Crippen LogP contribution in [0.4, 0.5) is 0 Å². The molecule has 1 atom stereocenters. The lowest BCUT2D eigenvalue weighted by Crippen LogP contribution is -2.47. The third-order valence-corrected chi connectivity index (χ3v) is 1.86. The van der Waals surface area contributed by atoms with E-state index in [1.165, 1.54) is 0 Å². The predicted molar refractivity (Wildman–Crippen MR) is 44.3 cm³/mol. The molecule has 0 aliphatic carbocycles. The van der Waals surface area contributed by atoms with Crippen LogP contribution in [0.5, 0.6) is 0 Å². The Labute approximate surface area is 67.5 Å². The van der Waals surface area contributed by atoms with Crippen molar-refractivity contribution in [2.24, 2.45) is 0 Å². The van der Waals surface area contributed by atoms with E-state index in [0.29, 0.717) is 6.42 Å². The number of amides is 1. The average molecular weight is 156 g/mol. The number of carbonyl (C=O) groups excluding carboxylic acids is 1. The van der Waals surface area contributed by atoms with E-state index in [4.69, 9.17) is 0 Å². The molecule has 2 N–H and O–H groups in total. The summed E-state index contributed by atoms with van der Waals surface area (Å²) < 4.78 is 0. The molecule has 0 saturated carbocycles. The monoisotopic (exact) mass is 156 g/mol. The minimum absolute atomic E-state index is 0.0333. The molecule has 11 heavy (non-hydrogen) atoms. The van der Waals surface area contributed by atoms with Crippen LogP contribution in [0.2, 0.25) is 0 Å². The quantitative estimate of drug-likeness (QED) is 0.528. The van der Waals surface area contributed by atoms with Gasteiger partial charge in [-0.1, -0.05) is 0 Å².